The first-order valence-corrected chi connectivity index (χ1v) is 8.11. The van der Waals surface area contributed by atoms with Gasteiger partial charge in [0, 0.05) is 19.7 Å². The minimum Gasteiger partial charge on any atom is -0.507 e. The van der Waals surface area contributed by atoms with Crippen molar-refractivity contribution in [2.45, 2.75) is 19.6 Å². The summed E-state index contributed by atoms with van der Waals surface area (Å²) in [6.45, 7) is 0.724. The molecule has 1 aromatic heterocycles. The Hall–Kier alpha value is -2.92. The molecule has 5 heteroatoms. The van der Waals surface area contributed by atoms with E-state index in [1.54, 1.807) is 29.9 Å². The van der Waals surface area contributed by atoms with Crippen molar-refractivity contribution in [3.05, 3.63) is 82.3 Å². The SMILES string of the molecule is COCc1cc(=O)n(CCc2ccccc2)c(-c2ccccc2O)n1. The Bertz CT molecular complexity index is 904. The van der Waals surface area contributed by atoms with Gasteiger partial charge in [-0.15, -0.1) is 0 Å². The number of ether oxygens (including phenoxy) is 1. The summed E-state index contributed by atoms with van der Waals surface area (Å²) < 4.78 is 6.70. The number of aromatic hydroxyl groups is 1. The first-order chi connectivity index (χ1) is 12.2. The molecule has 128 valence electrons. The van der Waals surface area contributed by atoms with Crippen molar-refractivity contribution in [3.8, 4) is 17.1 Å². The maximum absolute atomic E-state index is 12.6. The molecular weight excluding hydrogens is 316 g/mol. The maximum Gasteiger partial charge on any atom is 0.254 e. The standard InChI is InChI=1S/C20H20N2O3/c1-25-14-16-13-19(24)22(12-11-15-7-3-2-4-8-15)20(21-16)17-9-5-6-10-18(17)23/h2-10,13,23H,11-12,14H2,1H3. The molecule has 0 unspecified atom stereocenters. The van der Waals surface area contributed by atoms with E-state index in [0.717, 1.165) is 5.56 Å². The smallest absolute Gasteiger partial charge is 0.254 e. The van der Waals surface area contributed by atoms with Crippen LogP contribution in [0.1, 0.15) is 11.3 Å². The van der Waals surface area contributed by atoms with Crippen molar-refractivity contribution in [3.63, 3.8) is 0 Å². The summed E-state index contributed by atoms with van der Waals surface area (Å²) in [7, 11) is 1.56. The van der Waals surface area contributed by atoms with Crippen molar-refractivity contribution < 1.29 is 9.84 Å². The van der Waals surface area contributed by atoms with Crippen molar-refractivity contribution in [1.82, 2.24) is 9.55 Å². The number of aryl methyl sites for hydroxylation is 1. The highest BCUT2D eigenvalue weighted by Crippen LogP contribution is 2.26. The maximum atomic E-state index is 12.6. The molecule has 2 aromatic carbocycles. The molecule has 0 atom stereocenters. The van der Waals surface area contributed by atoms with Crippen LogP contribution in [0.3, 0.4) is 0 Å². The molecule has 5 nitrogen and oxygen atoms in total. The third-order valence-electron chi connectivity index (χ3n) is 3.97. The first-order valence-electron chi connectivity index (χ1n) is 8.11. The molecule has 0 radical (unpaired) electrons. The number of para-hydroxylation sites is 1. The van der Waals surface area contributed by atoms with Crippen LogP contribution in [0.25, 0.3) is 11.4 Å². The average molecular weight is 336 g/mol. The Morgan fingerprint density at radius 1 is 1.08 bits per heavy atom. The number of phenolic OH excluding ortho intramolecular Hbond substituents is 1. The van der Waals surface area contributed by atoms with Crippen molar-refractivity contribution in [2.24, 2.45) is 0 Å². The van der Waals surface area contributed by atoms with E-state index >= 15 is 0 Å². The molecule has 3 rings (SSSR count). The molecular formula is C20H20N2O3. The second-order valence-electron chi connectivity index (χ2n) is 5.75. The fourth-order valence-electron chi connectivity index (χ4n) is 2.75. The van der Waals surface area contributed by atoms with Crippen LogP contribution in [0.5, 0.6) is 5.75 Å². The Morgan fingerprint density at radius 3 is 2.52 bits per heavy atom. The van der Waals surface area contributed by atoms with Crippen molar-refractivity contribution in [1.29, 1.82) is 0 Å². The van der Waals surface area contributed by atoms with Gasteiger partial charge >= 0.3 is 0 Å². The van der Waals surface area contributed by atoms with Gasteiger partial charge in [0.25, 0.3) is 5.56 Å². The summed E-state index contributed by atoms with van der Waals surface area (Å²) in [5.74, 6) is 0.547. The summed E-state index contributed by atoms with van der Waals surface area (Å²) in [5.41, 5.74) is 2.06. The zero-order valence-electron chi connectivity index (χ0n) is 14.1. The van der Waals surface area contributed by atoms with Crippen molar-refractivity contribution >= 4 is 0 Å². The highest BCUT2D eigenvalue weighted by atomic mass is 16.5. The molecule has 0 saturated heterocycles. The summed E-state index contributed by atoms with van der Waals surface area (Å²) >= 11 is 0. The van der Waals surface area contributed by atoms with Crippen LogP contribution >= 0.6 is 0 Å². The molecule has 0 spiro atoms. The van der Waals surface area contributed by atoms with Crippen LogP contribution in [0.15, 0.2) is 65.5 Å². The van der Waals surface area contributed by atoms with Gasteiger partial charge in [0.2, 0.25) is 0 Å². The number of benzene rings is 2. The second-order valence-corrected chi connectivity index (χ2v) is 5.75. The molecule has 0 aliphatic carbocycles. The lowest BCUT2D eigenvalue weighted by Gasteiger charge is -2.14. The number of hydrogen-bond acceptors (Lipinski definition) is 4. The lowest BCUT2D eigenvalue weighted by Crippen LogP contribution is -2.25. The Morgan fingerprint density at radius 2 is 1.80 bits per heavy atom. The molecule has 0 amide bonds. The minimum absolute atomic E-state index is 0.0948. The fraction of sp³-hybridized carbons (Fsp3) is 0.200. The van der Waals surface area contributed by atoms with Crippen LogP contribution in [0, 0.1) is 0 Å². The molecule has 25 heavy (non-hydrogen) atoms. The fourth-order valence-corrected chi connectivity index (χ4v) is 2.75. The molecule has 0 aliphatic rings. The zero-order chi connectivity index (χ0) is 17.6. The molecule has 1 heterocycles. The minimum atomic E-state index is -0.156. The third kappa shape index (κ3) is 3.95. The summed E-state index contributed by atoms with van der Waals surface area (Å²) in [4.78, 5) is 17.2. The highest BCUT2D eigenvalue weighted by molar-refractivity contribution is 5.63. The van der Waals surface area contributed by atoms with Crippen LogP contribution in [0.4, 0.5) is 0 Å². The quantitative estimate of drug-likeness (QED) is 0.751. The highest BCUT2D eigenvalue weighted by Gasteiger charge is 2.14. The van der Waals surface area contributed by atoms with E-state index in [0.29, 0.717) is 30.0 Å². The van der Waals surface area contributed by atoms with E-state index < -0.39 is 0 Å². The van der Waals surface area contributed by atoms with Gasteiger partial charge < -0.3 is 9.84 Å². The van der Waals surface area contributed by atoms with Gasteiger partial charge in [0.1, 0.15) is 11.6 Å². The van der Waals surface area contributed by atoms with Crippen LogP contribution in [-0.2, 0) is 24.3 Å². The van der Waals surface area contributed by atoms with Gasteiger partial charge in [0.15, 0.2) is 0 Å². The zero-order valence-corrected chi connectivity index (χ0v) is 14.1. The number of rotatable bonds is 6. The lowest BCUT2D eigenvalue weighted by atomic mass is 10.1. The number of aromatic nitrogens is 2. The Balaban J connectivity index is 2.04. The number of hydrogen-bond donors (Lipinski definition) is 1. The first kappa shape index (κ1) is 16.9. The predicted molar refractivity (Wildman–Crippen MR) is 96.5 cm³/mol. The van der Waals surface area contributed by atoms with Crippen LogP contribution < -0.4 is 5.56 Å². The monoisotopic (exact) mass is 336 g/mol. The van der Waals surface area contributed by atoms with Crippen LogP contribution in [-0.4, -0.2) is 21.8 Å². The normalized spacial score (nSPS) is 10.8. The largest absolute Gasteiger partial charge is 0.507 e. The number of nitrogens with zero attached hydrogens (tertiary/aromatic N) is 2. The number of phenols is 1. The van der Waals surface area contributed by atoms with Gasteiger partial charge in [-0.25, -0.2) is 4.98 Å². The van der Waals surface area contributed by atoms with E-state index in [2.05, 4.69) is 4.98 Å². The van der Waals surface area contributed by atoms with Crippen LogP contribution in [0.2, 0.25) is 0 Å². The van der Waals surface area contributed by atoms with Gasteiger partial charge in [0.05, 0.1) is 17.9 Å². The summed E-state index contributed by atoms with van der Waals surface area (Å²) in [6, 6.07) is 18.3. The lowest BCUT2D eigenvalue weighted by molar-refractivity contribution is 0.181. The average Bonchev–Trinajstić information content (AvgIpc) is 2.62. The topological polar surface area (TPSA) is 64.3 Å². The van der Waals surface area contributed by atoms with E-state index in [1.807, 2.05) is 36.4 Å². The summed E-state index contributed by atoms with van der Waals surface area (Å²) in [6.07, 6.45) is 0.701. The molecule has 0 aliphatic heterocycles. The third-order valence-corrected chi connectivity index (χ3v) is 3.97. The molecule has 0 fully saturated rings. The molecule has 1 N–H and O–H groups in total. The Labute approximate surface area is 146 Å². The van der Waals surface area contributed by atoms with E-state index in [4.69, 9.17) is 4.74 Å². The summed E-state index contributed by atoms with van der Waals surface area (Å²) in [5, 5.41) is 10.2. The van der Waals surface area contributed by atoms with E-state index in [-0.39, 0.29) is 17.9 Å². The van der Waals surface area contributed by atoms with Gasteiger partial charge in [-0.1, -0.05) is 42.5 Å². The molecule has 0 saturated carbocycles. The van der Waals surface area contributed by atoms with Gasteiger partial charge in [-0.3, -0.25) is 9.36 Å². The van der Waals surface area contributed by atoms with E-state index in [9.17, 15) is 9.90 Å². The molecule has 0 bridgehead atoms. The predicted octanol–water partition coefficient (Wildman–Crippen LogP) is 3.01. The Kier molecular flexibility index (Phi) is 5.26. The van der Waals surface area contributed by atoms with Crippen molar-refractivity contribution in [2.75, 3.05) is 7.11 Å². The molecule has 3 aromatic rings. The van der Waals surface area contributed by atoms with Gasteiger partial charge in [-0.2, -0.15) is 0 Å². The number of methoxy groups -OCH3 is 1. The second kappa shape index (κ2) is 7.77. The van der Waals surface area contributed by atoms with E-state index in [1.165, 1.54) is 6.07 Å². The van der Waals surface area contributed by atoms with Gasteiger partial charge in [-0.05, 0) is 24.1 Å².